The Balaban J connectivity index is 1.75. The summed E-state index contributed by atoms with van der Waals surface area (Å²) in [6.45, 7) is 4.14. The Morgan fingerprint density at radius 1 is 1.21 bits per heavy atom. The molecule has 0 bridgehead atoms. The van der Waals surface area contributed by atoms with E-state index in [0.717, 1.165) is 42.9 Å². The molecule has 0 atom stereocenters. The van der Waals surface area contributed by atoms with Crippen molar-refractivity contribution in [3.05, 3.63) is 62.2 Å². The van der Waals surface area contributed by atoms with Gasteiger partial charge < -0.3 is 14.7 Å². The van der Waals surface area contributed by atoms with Crippen LogP contribution in [0.4, 0.5) is 0 Å². The Kier molecular flexibility index (Phi) is 3.73. The lowest BCUT2D eigenvalue weighted by Crippen LogP contribution is -1.93. The summed E-state index contributed by atoms with van der Waals surface area (Å²) in [6.07, 6.45) is 4.01. The van der Waals surface area contributed by atoms with Crippen molar-refractivity contribution in [1.82, 2.24) is 9.97 Å². The highest BCUT2D eigenvalue weighted by atomic mass is 79.9. The summed E-state index contributed by atoms with van der Waals surface area (Å²) in [4.78, 5) is 12.7. The minimum absolute atomic E-state index is 0.774. The van der Waals surface area contributed by atoms with Crippen molar-refractivity contribution < 1.29 is 4.74 Å². The molecule has 1 aliphatic heterocycles. The maximum atomic E-state index is 5.51. The number of aliphatic imine (C=N–C) groups is 1. The van der Waals surface area contributed by atoms with E-state index in [1.807, 2.05) is 12.2 Å². The van der Waals surface area contributed by atoms with Gasteiger partial charge in [0.1, 0.15) is 16.3 Å². The van der Waals surface area contributed by atoms with Gasteiger partial charge in [-0.25, -0.2) is 4.99 Å². The van der Waals surface area contributed by atoms with Gasteiger partial charge in [0.2, 0.25) is 0 Å². The molecule has 2 N–H and O–H groups in total. The lowest BCUT2D eigenvalue weighted by atomic mass is 10.2. The van der Waals surface area contributed by atoms with Gasteiger partial charge in [0, 0.05) is 22.9 Å². The normalized spacial score (nSPS) is 16.1. The molecule has 3 aromatic heterocycles. The van der Waals surface area contributed by atoms with Crippen LogP contribution in [-0.4, -0.2) is 22.8 Å². The summed E-state index contributed by atoms with van der Waals surface area (Å²) >= 11 is 5.19. The van der Waals surface area contributed by atoms with Crippen LogP contribution in [0.1, 0.15) is 22.6 Å². The summed E-state index contributed by atoms with van der Waals surface area (Å²) in [6, 6.07) is 6.35. The summed E-state index contributed by atoms with van der Waals surface area (Å²) in [5.41, 5.74) is 6.12. The maximum Gasteiger partial charge on any atom is 0.146 e. The zero-order valence-corrected chi connectivity index (χ0v) is 15.9. The number of aryl methyl sites for hydroxylation is 2. The van der Waals surface area contributed by atoms with Crippen LogP contribution >= 0.6 is 27.3 Å². The largest absolute Gasteiger partial charge is 0.494 e. The number of fused-ring (bicyclic) bond motifs is 1. The van der Waals surface area contributed by atoms with E-state index in [2.05, 4.69) is 57.9 Å². The SMILES string of the molecule is COC1=CC(c2cc3cc(Br)sc3[nH]2)=N/C1=C\c1[nH]c(C)cc1C. The van der Waals surface area contributed by atoms with Gasteiger partial charge in [0.05, 0.1) is 22.3 Å². The van der Waals surface area contributed by atoms with Crippen LogP contribution in [0.15, 0.2) is 44.5 Å². The molecule has 6 heteroatoms. The van der Waals surface area contributed by atoms with E-state index < -0.39 is 0 Å². The average Bonchev–Trinajstić information content (AvgIpc) is 3.23. The number of hydrogen-bond acceptors (Lipinski definition) is 3. The second-order valence-corrected chi connectivity index (χ2v) is 8.24. The fraction of sp³-hybridized carbons (Fsp3) is 0.167. The van der Waals surface area contributed by atoms with Crippen LogP contribution in [0, 0.1) is 13.8 Å². The number of nitrogens with zero attached hydrogens (tertiary/aromatic N) is 1. The molecule has 0 saturated heterocycles. The summed E-state index contributed by atoms with van der Waals surface area (Å²) in [7, 11) is 1.68. The standard InChI is InChI=1S/C18H16BrN3OS/c1-9-4-10(2)20-12(9)7-15-16(23-3)8-14(21-15)13-5-11-6-17(19)24-18(11)22-13/h4-8,20,22H,1-3H3/b15-7-. The molecular weight excluding hydrogens is 386 g/mol. The summed E-state index contributed by atoms with van der Waals surface area (Å²) in [5, 5.41) is 1.19. The quantitative estimate of drug-likeness (QED) is 0.613. The highest BCUT2D eigenvalue weighted by Gasteiger charge is 2.19. The van der Waals surface area contributed by atoms with Gasteiger partial charge in [0.15, 0.2) is 0 Å². The average molecular weight is 402 g/mol. The Labute approximate surface area is 152 Å². The molecule has 0 radical (unpaired) electrons. The first-order valence-corrected chi connectivity index (χ1v) is 9.15. The predicted octanol–water partition coefficient (Wildman–Crippen LogP) is 5.31. The number of aromatic amines is 2. The Morgan fingerprint density at radius 2 is 2.04 bits per heavy atom. The molecular formula is C18H16BrN3OS. The van der Waals surface area contributed by atoms with Gasteiger partial charge in [-0.1, -0.05) is 0 Å². The van der Waals surface area contributed by atoms with E-state index >= 15 is 0 Å². The van der Waals surface area contributed by atoms with E-state index in [9.17, 15) is 0 Å². The van der Waals surface area contributed by atoms with Crippen LogP contribution in [0.5, 0.6) is 0 Å². The Bertz CT molecular complexity index is 1000. The number of H-pyrrole nitrogens is 2. The molecule has 4 heterocycles. The molecule has 0 amide bonds. The first-order chi connectivity index (χ1) is 11.5. The molecule has 0 saturated carbocycles. The zero-order valence-electron chi connectivity index (χ0n) is 13.5. The van der Waals surface area contributed by atoms with Crippen LogP contribution in [0.3, 0.4) is 0 Å². The third-order valence-electron chi connectivity index (χ3n) is 4.01. The van der Waals surface area contributed by atoms with E-state index in [1.54, 1.807) is 18.4 Å². The number of aromatic nitrogens is 2. The lowest BCUT2D eigenvalue weighted by Gasteiger charge is -2.01. The highest BCUT2D eigenvalue weighted by Crippen LogP contribution is 2.32. The van der Waals surface area contributed by atoms with Crippen molar-refractivity contribution in [1.29, 1.82) is 0 Å². The van der Waals surface area contributed by atoms with Crippen LogP contribution in [0.2, 0.25) is 0 Å². The number of thiophene rings is 1. The van der Waals surface area contributed by atoms with Gasteiger partial charge in [0.25, 0.3) is 0 Å². The number of nitrogens with one attached hydrogen (secondary N) is 2. The maximum absolute atomic E-state index is 5.51. The number of rotatable bonds is 3. The fourth-order valence-electron chi connectivity index (χ4n) is 2.89. The topological polar surface area (TPSA) is 53.2 Å². The van der Waals surface area contributed by atoms with Crippen LogP contribution < -0.4 is 0 Å². The molecule has 0 aromatic carbocycles. The minimum Gasteiger partial charge on any atom is -0.494 e. The van der Waals surface area contributed by atoms with Crippen molar-refractivity contribution in [2.75, 3.05) is 7.11 Å². The Hall–Kier alpha value is -2.05. The predicted molar refractivity (Wildman–Crippen MR) is 104 cm³/mol. The number of methoxy groups -OCH3 is 1. The number of ether oxygens (including phenoxy) is 1. The van der Waals surface area contributed by atoms with Gasteiger partial charge in [-0.3, -0.25) is 0 Å². The molecule has 1 aliphatic rings. The molecule has 0 unspecified atom stereocenters. The van der Waals surface area contributed by atoms with Gasteiger partial charge >= 0.3 is 0 Å². The van der Waals surface area contributed by atoms with E-state index in [0.29, 0.717) is 0 Å². The monoisotopic (exact) mass is 401 g/mol. The first-order valence-electron chi connectivity index (χ1n) is 7.54. The molecule has 0 fully saturated rings. The first kappa shape index (κ1) is 15.5. The number of hydrogen-bond donors (Lipinski definition) is 2. The second-order valence-electron chi connectivity index (χ2n) is 5.81. The lowest BCUT2D eigenvalue weighted by molar-refractivity contribution is 0.303. The molecule has 3 aromatic rings. The number of allylic oxidation sites excluding steroid dienone is 1. The summed E-state index contributed by atoms with van der Waals surface area (Å²) < 4.78 is 6.63. The molecule has 0 spiro atoms. The van der Waals surface area contributed by atoms with Crippen molar-refractivity contribution in [2.24, 2.45) is 4.99 Å². The number of halogens is 1. The molecule has 4 rings (SSSR count). The molecule has 122 valence electrons. The van der Waals surface area contributed by atoms with Crippen molar-refractivity contribution in [3.8, 4) is 0 Å². The third kappa shape index (κ3) is 2.65. The van der Waals surface area contributed by atoms with E-state index in [-0.39, 0.29) is 0 Å². The van der Waals surface area contributed by atoms with E-state index in [1.165, 1.54) is 10.9 Å². The van der Waals surface area contributed by atoms with Crippen molar-refractivity contribution in [3.63, 3.8) is 0 Å². The van der Waals surface area contributed by atoms with E-state index in [4.69, 9.17) is 9.73 Å². The minimum atomic E-state index is 0.774. The zero-order chi connectivity index (χ0) is 16.8. The van der Waals surface area contributed by atoms with Gasteiger partial charge in [-0.05, 0) is 59.6 Å². The van der Waals surface area contributed by atoms with Crippen LogP contribution in [-0.2, 0) is 4.74 Å². The van der Waals surface area contributed by atoms with Crippen molar-refractivity contribution in [2.45, 2.75) is 13.8 Å². The molecule has 4 nitrogen and oxygen atoms in total. The summed E-state index contributed by atoms with van der Waals surface area (Å²) in [5.74, 6) is 0.774. The molecule has 24 heavy (non-hydrogen) atoms. The van der Waals surface area contributed by atoms with Gasteiger partial charge in [-0.2, -0.15) is 0 Å². The second kappa shape index (κ2) is 5.79. The fourth-order valence-corrected chi connectivity index (χ4v) is 4.40. The Morgan fingerprint density at radius 3 is 2.71 bits per heavy atom. The smallest absolute Gasteiger partial charge is 0.146 e. The van der Waals surface area contributed by atoms with Crippen molar-refractivity contribution >= 4 is 49.3 Å². The van der Waals surface area contributed by atoms with Crippen LogP contribution in [0.25, 0.3) is 16.3 Å². The van der Waals surface area contributed by atoms with Gasteiger partial charge in [-0.15, -0.1) is 11.3 Å². The third-order valence-corrected chi connectivity index (χ3v) is 5.58. The molecule has 0 aliphatic carbocycles. The highest BCUT2D eigenvalue weighted by molar-refractivity contribution is 9.11.